The molecule has 2 fully saturated rings. The third-order valence-electron chi connectivity index (χ3n) is 8.52. The van der Waals surface area contributed by atoms with Gasteiger partial charge in [-0.3, -0.25) is 9.59 Å². The molecule has 0 N–H and O–H groups in total. The maximum absolute atomic E-state index is 12.5. The van der Waals surface area contributed by atoms with Gasteiger partial charge < -0.3 is 9.47 Å². The molecular formula is C31H38O4. The summed E-state index contributed by atoms with van der Waals surface area (Å²) < 4.78 is 12.2. The van der Waals surface area contributed by atoms with Crippen LogP contribution in [0.5, 0.6) is 11.5 Å². The molecule has 2 aromatic rings. The summed E-state index contributed by atoms with van der Waals surface area (Å²) in [6.45, 7) is 3.58. The molecule has 1 unspecified atom stereocenters. The summed E-state index contributed by atoms with van der Waals surface area (Å²) in [5, 5.41) is 0. The molecule has 0 radical (unpaired) electrons. The SMILES string of the molecule is CC(=O)Oc1cc(OC(C)CCCc2ccccc2)cc2c1[C@@H]1CC(=O)CC[C@H]1[C@@H]1CCCC[C@@H]21. The molecule has 3 aliphatic rings. The highest BCUT2D eigenvalue weighted by atomic mass is 16.5. The van der Waals surface area contributed by atoms with Crippen LogP contribution >= 0.6 is 0 Å². The van der Waals surface area contributed by atoms with E-state index >= 15 is 0 Å². The van der Waals surface area contributed by atoms with Gasteiger partial charge in [-0.25, -0.2) is 0 Å². The van der Waals surface area contributed by atoms with Gasteiger partial charge in [0.1, 0.15) is 17.3 Å². The van der Waals surface area contributed by atoms with Crippen molar-refractivity contribution in [1.82, 2.24) is 0 Å². The fourth-order valence-corrected chi connectivity index (χ4v) is 7.08. The number of Topliss-reactive ketones (excluding diaryl/α,β-unsaturated/α-hetero) is 1. The lowest BCUT2D eigenvalue weighted by Gasteiger charge is -2.49. The fourth-order valence-electron chi connectivity index (χ4n) is 7.08. The third kappa shape index (κ3) is 5.32. The van der Waals surface area contributed by atoms with Gasteiger partial charge in [0, 0.05) is 31.4 Å². The zero-order chi connectivity index (χ0) is 24.4. The van der Waals surface area contributed by atoms with Crippen LogP contribution in [-0.4, -0.2) is 17.9 Å². The molecule has 5 atom stereocenters. The second kappa shape index (κ2) is 10.6. The van der Waals surface area contributed by atoms with E-state index in [1.165, 1.54) is 43.7 Å². The van der Waals surface area contributed by atoms with E-state index in [1.54, 1.807) is 0 Å². The molecule has 0 bridgehead atoms. The van der Waals surface area contributed by atoms with Crippen LogP contribution in [0.2, 0.25) is 0 Å². The Labute approximate surface area is 209 Å². The Hall–Kier alpha value is -2.62. The Morgan fingerprint density at radius 2 is 1.80 bits per heavy atom. The first kappa shape index (κ1) is 24.1. The molecule has 186 valence electrons. The molecule has 35 heavy (non-hydrogen) atoms. The number of fused-ring (bicyclic) bond motifs is 6. The van der Waals surface area contributed by atoms with Crippen LogP contribution in [0.1, 0.15) is 100 Å². The van der Waals surface area contributed by atoms with Crippen molar-refractivity contribution < 1.29 is 19.1 Å². The Kier molecular flexibility index (Phi) is 7.27. The molecule has 0 heterocycles. The topological polar surface area (TPSA) is 52.6 Å². The Balaban J connectivity index is 1.41. The number of rotatable bonds is 7. The van der Waals surface area contributed by atoms with Crippen LogP contribution < -0.4 is 9.47 Å². The second-order valence-electron chi connectivity index (χ2n) is 10.9. The molecule has 3 aliphatic carbocycles. The Bertz CT molecular complexity index is 1060. The smallest absolute Gasteiger partial charge is 0.308 e. The van der Waals surface area contributed by atoms with Crippen LogP contribution in [0.15, 0.2) is 42.5 Å². The number of hydrogen-bond acceptors (Lipinski definition) is 4. The Morgan fingerprint density at radius 3 is 2.60 bits per heavy atom. The molecule has 5 rings (SSSR count). The summed E-state index contributed by atoms with van der Waals surface area (Å²) in [7, 11) is 0. The van der Waals surface area contributed by atoms with Gasteiger partial charge in [-0.2, -0.15) is 0 Å². The maximum Gasteiger partial charge on any atom is 0.308 e. The molecule has 0 aromatic heterocycles. The molecule has 0 amide bonds. The molecule has 0 spiro atoms. The monoisotopic (exact) mass is 474 g/mol. The lowest BCUT2D eigenvalue weighted by Crippen LogP contribution is -2.39. The number of benzene rings is 2. The van der Waals surface area contributed by atoms with Crippen LogP contribution in [0.3, 0.4) is 0 Å². The number of carbonyl (C=O) groups is 2. The van der Waals surface area contributed by atoms with E-state index in [4.69, 9.17) is 9.47 Å². The van der Waals surface area contributed by atoms with E-state index in [9.17, 15) is 9.59 Å². The van der Waals surface area contributed by atoms with Gasteiger partial charge in [0.25, 0.3) is 0 Å². The van der Waals surface area contributed by atoms with Gasteiger partial charge in [-0.1, -0.05) is 43.2 Å². The average molecular weight is 475 g/mol. The van der Waals surface area contributed by atoms with Crippen molar-refractivity contribution in [3.8, 4) is 11.5 Å². The molecule has 0 aliphatic heterocycles. The van der Waals surface area contributed by atoms with Crippen LogP contribution in [0.4, 0.5) is 0 Å². The van der Waals surface area contributed by atoms with Crippen molar-refractivity contribution in [2.24, 2.45) is 11.8 Å². The predicted molar refractivity (Wildman–Crippen MR) is 137 cm³/mol. The van der Waals surface area contributed by atoms with Gasteiger partial charge in [-0.15, -0.1) is 0 Å². The summed E-state index contributed by atoms with van der Waals surface area (Å²) in [5.74, 6) is 3.21. The third-order valence-corrected chi connectivity index (χ3v) is 8.52. The molecule has 4 heteroatoms. The summed E-state index contributed by atoms with van der Waals surface area (Å²) in [6, 6.07) is 14.7. The van der Waals surface area contributed by atoms with Crippen molar-refractivity contribution in [3.05, 3.63) is 59.2 Å². The summed E-state index contributed by atoms with van der Waals surface area (Å²) in [6.07, 6.45) is 10.3. The highest BCUT2D eigenvalue weighted by molar-refractivity contribution is 5.81. The van der Waals surface area contributed by atoms with Gasteiger partial charge in [-0.05, 0) is 86.3 Å². The highest BCUT2D eigenvalue weighted by Gasteiger charge is 2.47. The summed E-state index contributed by atoms with van der Waals surface area (Å²) in [4.78, 5) is 24.6. The number of esters is 1. The molecule has 2 aromatic carbocycles. The molecule has 2 saturated carbocycles. The van der Waals surface area contributed by atoms with Crippen molar-refractivity contribution in [2.75, 3.05) is 0 Å². The molecule has 0 saturated heterocycles. The van der Waals surface area contributed by atoms with Crippen LogP contribution in [0.25, 0.3) is 0 Å². The average Bonchev–Trinajstić information content (AvgIpc) is 2.84. The lowest BCUT2D eigenvalue weighted by atomic mass is 9.55. The van der Waals surface area contributed by atoms with E-state index in [1.807, 2.05) is 12.1 Å². The van der Waals surface area contributed by atoms with Gasteiger partial charge in [0.2, 0.25) is 0 Å². The predicted octanol–water partition coefficient (Wildman–Crippen LogP) is 7.14. The number of ketones is 1. The van der Waals surface area contributed by atoms with E-state index in [0.717, 1.165) is 37.0 Å². The molecule has 4 nitrogen and oxygen atoms in total. The first-order valence-corrected chi connectivity index (χ1v) is 13.6. The van der Waals surface area contributed by atoms with Gasteiger partial charge in [0.15, 0.2) is 0 Å². The summed E-state index contributed by atoms with van der Waals surface area (Å²) in [5.41, 5.74) is 3.74. The maximum atomic E-state index is 12.5. The highest BCUT2D eigenvalue weighted by Crippen LogP contribution is 2.59. The fraction of sp³-hybridized carbons (Fsp3) is 0.548. The van der Waals surface area contributed by atoms with E-state index in [-0.39, 0.29) is 18.0 Å². The quantitative estimate of drug-likeness (QED) is 0.316. The van der Waals surface area contributed by atoms with E-state index < -0.39 is 0 Å². The van der Waals surface area contributed by atoms with E-state index in [0.29, 0.717) is 42.1 Å². The normalized spacial score (nSPS) is 26.2. The van der Waals surface area contributed by atoms with Crippen molar-refractivity contribution in [3.63, 3.8) is 0 Å². The minimum Gasteiger partial charge on any atom is -0.491 e. The zero-order valence-electron chi connectivity index (χ0n) is 21.1. The van der Waals surface area contributed by atoms with Gasteiger partial charge in [0.05, 0.1) is 6.10 Å². The van der Waals surface area contributed by atoms with E-state index in [2.05, 4.69) is 37.3 Å². The number of carbonyl (C=O) groups excluding carboxylic acids is 2. The minimum absolute atomic E-state index is 0.0664. The minimum atomic E-state index is -0.315. The number of ether oxygens (including phenoxy) is 2. The van der Waals surface area contributed by atoms with Crippen molar-refractivity contribution in [2.45, 2.75) is 96.0 Å². The number of aryl methyl sites for hydroxylation is 1. The lowest BCUT2D eigenvalue weighted by molar-refractivity contribution is -0.132. The standard InChI is InChI=1S/C31H38O4/c1-20(9-8-12-22-10-4-3-5-11-22)34-24-18-29-26-14-7-6-13-25(26)27-16-15-23(33)17-28(27)31(29)30(19-24)35-21(2)32/h3-5,10-11,18-20,25-28H,6-9,12-17H2,1-2H3/t20?,25-,26-,27+,28-/m1/s1. The van der Waals surface area contributed by atoms with Gasteiger partial charge >= 0.3 is 5.97 Å². The van der Waals surface area contributed by atoms with Crippen LogP contribution in [0, 0.1) is 11.8 Å². The zero-order valence-corrected chi connectivity index (χ0v) is 21.1. The van der Waals surface area contributed by atoms with Crippen molar-refractivity contribution >= 4 is 11.8 Å². The second-order valence-corrected chi connectivity index (χ2v) is 10.9. The number of hydrogen-bond donors (Lipinski definition) is 0. The van der Waals surface area contributed by atoms with Crippen molar-refractivity contribution in [1.29, 1.82) is 0 Å². The first-order valence-electron chi connectivity index (χ1n) is 13.6. The van der Waals surface area contributed by atoms with Crippen LogP contribution in [-0.2, 0) is 16.0 Å². The largest absolute Gasteiger partial charge is 0.491 e. The first-order chi connectivity index (χ1) is 17.0. The summed E-state index contributed by atoms with van der Waals surface area (Å²) >= 11 is 0. The molecular weight excluding hydrogens is 436 g/mol. The Morgan fingerprint density at radius 1 is 1.03 bits per heavy atom.